The SMILES string of the molecule is [C-]#[N+]c1cccc(-c2cc(-c3ccccc3)nc(-n3c4ccccc4c4ccc(-c5ccc6c(c5)c5cc(-c7ccccc7)ccc5n6-c5ccccc5)cc43)n2)c1. The fourth-order valence-corrected chi connectivity index (χ4v) is 8.41. The zero-order chi connectivity index (χ0) is 38.6. The van der Waals surface area contributed by atoms with Crippen molar-refractivity contribution >= 4 is 49.3 Å². The summed E-state index contributed by atoms with van der Waals surface area (Å²) in [5.41, 5.74) is 14.1. The summed E-state index contributed by atoms with van der Waals surface area (Å²) in [5, 5.41) is 4.65. The number of hydrogen-bond donors (Lipinski definition) is 0. The monoisotopic (exact) mass is 739 g/mol. The molecule has 0 saturated carbocycles. The molecule has 270 valence electrons. The van der Waals surface area contributed by atoms with E-state index in [1.54, 1.807) is 0 Å². The fourth-order valence-electron chi connectivity index (χ4n) is 8.41. The lowest BCUT2D eigenvalue weighted by Gasteiger charge is -2.12. The summed E-state index contributed by atoms with van der Waals surface area (Å²) in [6.45, 7) is 7.66. The van der Waals surface area contributed by atoms with Gasteiger partial charge >= 0.3 is 0 Å². The van der Waals surface area contributed by atoms with Gasteiger partial charge in [-0.15, -0.1) is 0 Å². The number of fused-ring (bicyclic) bond motifs is 6. The number of rotatable bonds is 6. The summed E-state index contributed by atoms with van der Waals surface area (Å²) in [6, 6.07) is 69.9. The largest absolute Gasteiger partial charge is 0.309 e. The van der Waals surface area contributed by atoms with E-state index in [4.69, 9.17) is 16.5 Å². The van der Waals surface area contributed by atoms with Crippen LogP contribution in [0, 0.1) is 6.57 Å². The van der Waals surface area contributed by atoms with Gasteiger partial charge in [-0.1, -0.05) is 140 Å². The molecule has 5 nitrogen and oxygen atoms in total. The molecule has 0 bridgehead atoms. The Kier molecular flexibility index (Phi) is 7.80. The minimum atomic E-state index is 0.570. The molecular weight excluding hydrogens is 707 g/mol. The molecule has 0 N–H and O–H groups in total. The van der Waals surface area contributed by atoms with E-state index in [1.807, 2.05) is 48.5 Å². The van der Waals surface area contributed by atoms with Gasteiger partial charge in [0.1, 0.15) is 0 Å². The molecule has 3 aromatic heterocycles. The minimum absolute atomic E-state index is 0.570. The van der Waals surface area contributed by atoms with Crippen LogP contribution < -0.4 is 0 Å². The smallest absolute Gasteiger partial charge is 0.235 e. The standard InChI is InChI=1S/C53H33N5/c1-54-41-19-13-18-40(30-41)48-34-47(36-16-7-3-8-17-36)55-53(56-48)58-49-23-12-11-22-43(49)44-27-24-39(33-52(44)58)38-26-29-51-46(32-38)45-31-37(35-14-5-2-6-15-35)25-28-50(45)57(51)42-20-9-4-10-21-42/h2-34H. The van der Waals surface area contributed by atoms with E-state index in [0.29, 0.717) is 11.6 Å². The molecule has 3 heterocycles. The molecule has 0 fully saturated rings. The molecule has 8 aromatic carbocycles. The molecule has 0 atom stereocenters. The maximum absolute atomic E-state index is 7.66. The molecule has 11 aromatic rings. The van der Waals surface area contributed by atoms with Gasteiger partial charge < -0.3 is 4.57 Å². The maximum atomic E-state index is 7.66. The lowest BCUT2D eigenvalue weighted by atomic mass is 9.99. The highest BCUT2D eigenvalue weighted by Gasteiger charge is 2.19. The molecule has 0 amide bonds. The summed E-state index contributed by atoms with van der Waals surface area (Å²) in [4.78, 5) is 14.2. The van der Waals surface area contributed by atoms with Crippen molar-refractivity contribution in [1.29, 1.82) is 0 Å². The van der Waals surface area contributed by atoms with Crippen LogP contribution in [0.2, 0.25) is 0 Å². The molecule has 5 heteroatoms. The molecule has 0 aliphatic heterocycles. The molecule has 58 heavy (non-hydrogen) atoms. The normalized spacial score (nSPS) is 11.4. The molecule has 0 radical (unpaired) electrons. The number of benzene rings is 8. The zero-order valence-electron chi connectivity index (χ0n) is 31.3. The lowest BCUT2D eigenvalue weighted by Crippen LogP contribution is -2.04. The average molecular weight is 740 g/mol. The van der Waals surface area contributed by atoms with Gasteiger partial charge in [-0.3, -0.25) is 4.57 Å². The highest BCUT2D eigenvalue weighted by Crippen LogP contribution is 2.40. The van der Waals surface area contributed by atoms with E-state index in [1.165, 1.54) is 27.4 Å². The average Bonchev–Trinajstić information content (AvgIpc) is 3.81. The quantitative estimate of drug-likeness (QED) is 0.159. The van der Waals surface area contributed by atoms with Gasteiger partial charge in [-0.2, -0.15) is 0 Å². The van der Waals surface area contributed by atoms with Crippen LogP contribution in [0.25, 0.3) is 105 Å². The van der Waals surface area contributed by atoms with Crippen LogP contribution in [0.1, 0.15) is 0 Å². The lowest BCUT2D eigenvalue weighted by molar-refractivity contribution is 0.996. The van der Waals surface area contributed by atoms with Crippen molar-refractivity contribution in [2.75, 3.05) is 0 Å². The van der Waals surface area contributed by atoms with E-state index in [0.717, 1.165) is 66.7 Å². The van der Waals surface area contributed by atoms with Gasteiger partial charge in [0.25, 0.3) is 0 Å². The Morgan fingerprint density at radius 2 is 0.879 bits per heavy atom. The summed E-state index contributed by atoms with van der Waals surface area (Å²) in [5.74, 6) is 0.572. The number of hydrogen-bond acceptors (Lipinski definition) is 2. The van der Waals surface area contributed by atoms with Crippen LogP contribution >= 0.6 is 0 Å². The Bertz CT molecular complexity index is 3390. The summed E-state index contributed by atoms with van der Waals surface area (Å²) >= 11 is 0. The predicted octanol–water partition coefficient (Wildman–Crippen LogP) is 13.9. The van der Waals surface area contributed by atoms with Crippen LogP contribution in [-0.2, 0) is 0 Å². The molecule has 11 rings (SSSR count). The molecule has 0 aliphatic rings. The molecule has 0 unspecified atom stereocenters. The first-order valence-electron chi connectivity index (χ1n) is 19.4. The van der Waals surface area contributed by atoms with Crippen molar-refractivity contribution in [3.05, 3.63) is 212 Å². The minimum Gasteiger partial charge on any atom is -0.309 e. The highest BCUT2D eigenvalue weighted by atomic mass is 15.2. The number of aromatic nitrogens is 4. The predicted molar refractivity (Wildman–Crippen MR) is 239 cm³/mol. The molecular formula is C53H33N5. The molecule has 0 aliphatic carbocycles. The second-order valence-corrected chi connectivity index (χ2v) is 14.6. The van der Waals surface area contributed by atoms with E-state index in [-0.39, 0.29) is 0 Å². The number of para-hydroxylation sites is 2. The third-order valence-corrected chi connectivity index (χ3v) is 11.1. The Morgan fingerprint density at radius 3 is 1.59 bits per heavy atom. The zero-order valence-corrected chi connectivity index (χ0v) is 31.3. The first-order valence-corrected chi connectivity index (χ1v) is 19.4. The first kappa shape index (κ1) is 33.3. The van der Waals surface area contributed by atoms with Crippen LogP contribution in [0.4, 0.5) is 5.69 Å². The second kappa shape index (κ2) is 13.6. The van der Waals surface area contributed by atoms with E-state index >= 15 is 0 Å². The third kappa shape index (κ3) is 5.55. The fraction of sp³-hybridized carbons (Fsp3) is 0. The van der Waals surface area contributed by atoms with Crippen molar-refractivity contribution in [2.45, 2.75) is 0 Å². The van der Waals surface area contributed by atoms with Gasteiger partial charge in [0.2, 0.25) is 5.95 Å². The summed E-state index contributed by atoms with van der Waals surface area (Å²) in [7, 11) is 0. The van der Waals surface area contributed by atoms with Crippen molar-refractivity contribution in [2.24, 2.45) is 0 Å². The number of nitrogens with zero attached hydrogens (tertiary/aromatic N) is 5. The Balaban J connectivity index is 1.14. The molecule has 0 saturated heterocycles. The van der Waals surface area contributed by atoms with Crippen LogP contribution in [0.15, 0.2) is 200 Å². The van der Waals surface area contributed by atoms with Gasteiger partial charge in [0.15, 0.2) is 5.69 Å². The maximum Gasteiger partial charge on any atom is 0.235 e. The van der Waals surface area contributed by atoms with Gasteiger partial charge in [0, 0.05) is 32.8 Å². The Hall–Kier alpha value is -8.07. The topological polar surface area (TPSA) is 40.0 Å². The Labute approximate surface area is 335 Å². The van der Waals surface area contributed by atoms with Crippen molar-refractivity contribution in [1.82, 2.24) is 19.1 Å². The van der Waals surface area contributed by atoms with Crippen molar-refractivity contribution in [3.8, 4) is 56.4 Å². The van der Waals surface area contributed by atoms with Gasteiger partial charge in [0.05, 0.1) is 40.0 Å². The van der Waals surface area contributed by atoms with Crippen LogP contribution in [0.3, 0.4) is 0 Å². The summed E-state index contributed by atoms with van der Waals surface area (Å²) < 4.78 is 4.56. The van der Waals surface area contributed by atoms with Crippen LogP contribution in [-0.4, -0.2) is 19.1 Å². The molecule has 0 spiro atoms. The Morgan fingerprint density at radius 1 is 0.345 bits per heavy atom. The van der Waals surface area contributed by atoms with Crippen molar-refractivity contribution in [3.63, 3.8) is 0 Å². The van der Waals surface area contributed by atoms with Crippen LogP contribution in [0.5, 0.6) is 0 Å². The highest BCUT2D eigenvalue weighted by molar-refractivity contribution is 6.13. The van der Waals surface area contributed by atoms with Crippen molar-refractivity contribution < 1.29 is 0 Å². The van der Waals surface area contributed by atoms with E-state index in [2.05, 4.69) is 166 Å². The van der Waals surface area contributed by atoms with Gasteiger partial charge in [-0.25, -0.2) is 14.8 Å². The first-order chi connectivity index (χ1) is 28.7. The second-order valence-electron chi connectivity index (χ2n) is 14.6. The third-order valence-electron chi connectivity index (χ3n) is 11.1. The summed E-state index contributed by atoms with van der Waals surface area (Å²) in [6.07, 6.45) is 0. The van der Waals surface area contributed by atoms with Gasteiger partial charge in [-0.05, 0) is 88.5 Å². The van der Waals surface area contributed by atoms with E-state index in [9.17, 15) is 0 Å². The van der Waals surface area contributed by atoms with E-state index < -0.39 is 0 Å².